The van der Waals surface area contributed by atoms with Crippen molar-refractivity contribution in [3.63, 3.8) is 0 Å². The Morgan fingerprint density at radius 2 is 1.72 bits per heavy atom. The summed E-state index contributed by atoms with van der Waals surface area (Å²) < 4.78 is 5.79. The second-order valence-electron chi connectivity index (χ2n) is 7.20. The molecule has 4 rings (SSSR count). The molecule has 5 heteroatoms. The Morgan fingerprint density at radius 3 is 2.48 bits per heavy atom. The van der Waals surface area contributed by atoms with Gasteiger partial charge in [-0.1, -0.05) is 30.3 Å². The molecule has 0 saturated carbocycles. The van der Waals surface area contributed by atoms with Crippen LogP contribution in [0.5, 0.6) is 5.75 Å². The highest BCUT2D eigenvalue weighted by Gasteiger charge is 2.14. The number of amides is 1. The van der Waals surface area contributed by atoms with E-state index < -0.39 is 0 Å². The van der Waals surface area contributed by atoms with Gasteiger partial charge in [0.1, 0.15) is 18.2 Å². The van der Waals surface area contributed by atoms with Crippen molar-refractivity contribution < 1.29 is 9.53 Å². The van der Waals surface area contributed by atoms with E-state index in [0.717, 1.165) is 35.9 Å². The molecular formula is C24H25N3O2. The molecule has 0 aliphatic carbocycles. The molecule has 1 saturated heterocycles. The third-order valence-corrected chi connectivity index (χ3v) is 5.05. The van der Waals surface area contributed by atoms with Crippen LogP contribution in [-0.4, -0.2) is 24.0 Å². The summed E-state index contributed by atoms with van der Waals surface area (Å²) in [5.41, 5.74) is 2.47. The van der Waals surface area contributed by atoms with Gasteiger partial charge in [-0.05, 0) is 61.2 Å². The highest BCUT2D eigenvalue weighted by atomic mass is 16.5. The summed E-state index contributed by atoms with van der Waals surface area (Å²) in [6, 6.07) is 21.1. The van der Waals surface area contributed by atoms with Crippen LogP contribution >= 0.6 is 0 Å². The van der Waals surface area contributed by atoms with Gasteiger partial charge in [0.2, 0.25) is 0 Å². The van der Waals surface area contributed by atoms with E-state index in [1.54, 1.807) is 12.3 Å². The summed E-state index contributed by atoms with van der Waals surface area (Å²) in [5.74, 6) is 1.51. The van der Waals surface area contributed by atoms with Crippen LogP contribution in [0.2, 0.25) is 0 Å². The number of anilines is 2. The smallest absolute Gasteiger partial charge is 0.255 e. The molecular weight excluding hydrogens is 362 g/mol. The molecule has 1 amide bonds. The zero-order chi connectivity index (χ0) is 19.9. The number of carbonyl (C=O) groups is 1. The molecule has 2 heterocycles. The van der Waals surface area contributed by atoms with Gasteiger partial charge in [-0.2, -0.15) is 0 Å². The number of aromatic nitrogens is 1. The summed E-state index contributed by atoms with van der Waals surface area (Å²) in [5, 5.41) is 2.95. The topological polar surface area (TPSA) is 54.5 Å². The minimum Gasteiger partial charge on any atom is -0.489 e. The summed E-state index contributed by atoms with van der Waals surface area (Å²) in [6.07, 6.45) is 5.33. The maximum absolute atomic E-state index is 12.7. The summed E-state index contributed by atoms with van der Waals surface area (Å²) in [4.78, 5) is 19.3. The van der Waals surface area contributed by atoms with Crippen molar-refractivity contribution in [1.29, 1.82) is 0 Å². The van der Waals surface area contributed by atoms with Gasteiger partial charge in [0.05, 0.1) is 0 Å². The Balaban J connectivity index is 1.35. The third kappa shape index (κ3) is 5.13. The highest BCUT2D eigenvalue weighted by Crippen LogP contribution is 2.20. The van der Waals surface area contributed by atoms with Gasteiger partial charge in [-0.25, -0.2) is 4.98 Å². The van der Waals surface area contributed by atoms with Crippen LogP contribution in [0.1, 0.15) is 35.2 Å². The van der Waals surface area contributed by atoms with Gasteiger partial charge >= 0.3 is 0 Å². The van der Waals surface area contributed by atoms with E-state index in [-0.39, 0.29) is 5.91 Å². The van der Waals surface area contributed by atoms with E-state index in [1.165, 1.54) is 19.3 Å². The van der Waals surface area contributed by atoms with Crippen molar-refractivity contribution >= 4 is 17.4 Å². The first-order valence-corrected chi connectivity index (χ1v) is 10.1. The number of ether oxygens (including phenoxy) is 1. The zero-order valence-electron chi connectivity index (χ0n) is 16.4. The maximum Gasteiger partial charge on any atom is 0.255 e. The van der Waals surface area contributed by atoms with Crippen LogP contribution in [-0.2, 0) is 6.61 Å². The molecule has 1 fully saturated rings. The Labute approximate surface area is 171 Å². The van der Waals surface area contributed by atoms with Crippen LogP contribution in [0, 0.1) is 0 Å². The normalized spacial score (nSPS) is 13.7. The van der Waals surface area contributed by atoms with Crippen LogP contribution in [0.4, 0.5) is 11.5 Å². The molecule has 0 spiro atoms. The number of nitrogens with zero attached hydrogens (tertiary/aromatic N) is 2. The third-order valence-electron chi connectivity index (χ3n) is 5.05. The lowest BCUT2D eigenvalue weighted by Gasteiger charge is -2.27. The number of nitrogens with one attached hydrogen (secondary N) is 1. The highest BCUT2D eigenvalue weighted by molar-refractivity contribution is 6.04. The summed E-state index contributed by atoms with van der Waals surface area (Å²) >= 11 is 0. The Kier molecular flexibility index (Phi) is 6.05. The largest absolute Gasteiger partial charge is 0.489 e. The predicted molar refractivity (Wildman–Crippen MR) is 115 cm³/mol. The summed E-state index contributed by atoms with van der Waals surface area (Å²) in [6.45, 7) is 2.52. The fraction of sp³-hybridized carbons (Fsp3) is 0.250. The molecule has 3 aromatic rings. The average molecular weight is 387 g/mol. The number of rotatable bonds is 6. The molecule has 1 N–H and O–H groups in total. The van der Waals surface area contributed by atoms with Gasteiger partial charge < -0.3 is 15.0 Å². The van der Waals surface area contributed by atoms with E-state index in [2.05, 4.69) is 15.2 Å². The Hall–Kier alpha value is -3.34. The average Bonchev–Trinajstić information content (AvgIpc) is 2.80. The maximum atomic E-state index is 12.7. The van der Waals surface area contributed by atoms with Gasteiger partial charge in [0.15, 0.2) is 0 Å². The van der Waals surface area contributed by atoms with Gasteiger partial charge in [0, 0.05) is 30.5 Å². The second-order valence-corrected chi connectivity index (χ2v) is 7.20. The molecule has 29 heavy (non-hydrogen) atoms. The molecule has 0 bridgehead atoms. The lowest BCUT2D eigenvalue weighted by atomic mass is 10.1. The molecule has 0 unspecified atom stereocenters. The molecule has 1 aromatic heterocycles. The zero-order valence-corrected chi connectivity index (χ0v) is 16.4. The van der Waals surface area contributed by atoms with Crippen LogP contribution < -0.4 is 15.0 Å². The van der Waals surface area contributed by atoms with Crippen molar-refractivity contribution in [3.05, 3.63) is 84.1 Å². The summed E-state index contributed by atoms with van der Waals surface area (Å²) in [7, 11) is 0. The van der Waals surface area contributed by atoms with E-state index in [4.69, 9.17) is 4.74 Å². The molecule has 1 aliphatic rings. The lowest BCUT2D eigenvalue weighted by Crippen LogP contribution is -2.30. The standard InChI is InChI=1S/C24H25N3O2/c28-24(20-13-14-25-23(17-20)27-15-5-2-6-16-27)26-21-9-11-22(12-10-21)29-18-19-7-3-1-4-8-19/h1,3-4,7-14,17H,2,5-6,15-16,18H2,(H,26,28). The second kappa shape index (κ2) is 9.24. The lowest BCUT2D eigenvalue weighted by molar-refractivity contribution is 0.102. The number of hydrogen-bond donors (Lipinski definition) is 1. The number of pyridine rings is 1. The van der Waals surface area contributed by atoms with E-state index in [1.807, 2.05) is 60.7 Å². The van der Waals surface area contributed by atoms with E-state index in [9.17, 15) is 4.79 Å². The molecule has 0 radical (unpaired) electrons. The van der Waals surface area contributed by atoms with Crippen molar-refractivity contribution in [2.75, 3.05) is 23.3 Å². The first-order chi connectivity index (χ1) is 14.3. The van der Waals surface area contributed by atoms with E-state index >= 15 is 0 Å². The van der Waals surface area contributed by atoms with Crippen molar-refractivity contribution in [2.24, 2.45) is 0 Å². The van der Waals surface area contributed by atoms with Gasteiger partial charge in [-0.3, -0.25) is 4.79 Å². The molecule has 148 valence electrons. The number of piperidine rings is 1. The Bertz CT molecular complexity index is 936. The monoisotopic (exact) mass is 387 g/mol. The minimum absolute atomic E-state index is 0.136. The minimum atomic E-state index is -0.136. The van der Waals surface area contributed by atoms with E-state index in [0.29, 0.717) is 12.2 Å². The number of benzene rings is 2. The number of carbonyl (C=O) groups excluding carboxylic acids is 1. The van der Waals surface area contributed by atoms with Crippen molar-refractivity contribution in [1.82, 2.24) is 4.98 Å². The fourth-order valence-electron chi connectivity index (χ4n) is 3.43. The van der Waals surface area contributed by atoms with Crippen LogP contribution in [0.15, 0.2) is 72.9 Å². The number of hydrogen-bond acceptors (Lipinski definition) is 4. The van der Waals surface area contributed by atoms with Crippen LogP contribution in [0.25, 0.3) is 0 Å². The first kappa shape index (κ1) is 19.0. The molecule has 0 atom stereocenters. The fourth-order valence-corrected chi connectivity index (χ4v) is 3.43. The van der Waals surface area contributed by atoms with Crippen molar-refractivity contribution in [2.45, 2.75) is 25.9 Å². The molecule has 2 aromatic carbocycles. The first-order valence-electron chi connectivity index (χ1n) is 10.1. The Morgan fingerprint density at radius 1 is 0.966 bits per heavy atom. The molecule has 1 aliphatic heterocycles. The quantitative estimate of drug-likeness (QED) is 0.653. The van der Waals surface area contributed by atoms with Gasteiger partial charge in [-0.15, -0.1) is 0 Å². The van der Waals surface area contributed by atoms with Gasteiger partial charge in [0.25, 0.3) is 5.91 Å². The SMILES string of the molecule is O=C(Nc1ccc(OCc2ccccc2)cc1)c1ccnc(N2CCCCC2)c1. The van der Waals surface area contributed by atoms with Crippen molar-refractivity contribution in [3.8, 4) is 5.75 Å². The van der Waals surface area contributed by atoms with Crippen LogP contribution in [0.3, 0.4) is 0 Å². The predicted octanol–water partition coefficient (Wildman–Crippen LogP) is 4.90. The molecule has 5 nitrogen and oxygen atoms in total.